The summed E-state index contributed by atoms with van der Waals surface area (Å²) in [5, 5.41) is 7.64. The van der Waals surface area contributed by atoms with Gasteiger partial charge in [0.15, 0.2) is 5.16 Å². The first-order chi connectivity index (χ1) is 4.29. The predicted molar refractivity (Wildman–Crippen MR) is 32.5 cm³/mol. The number of carboxylic acid groups (broad SMARTS) is 1. The second-order valence-corrected chi connectivity index (χ2v) is 2.20. The fourth-order valence-electron chi connectivity index (χ4n) is 0.389. The van der Waals surface area contributed by atoms with Crippen LogP contribution in [0.3, 0.4) is 0 Å². The normalized spacial score (nSPS) is 9.33. The van der Waals surface area contributed by atoms with E-state index in [2.05, 4.69) is 9.97 Å². The van der Waals surface area contributed by atoms with Crippen LogP contribution in [0, 0.1) is 0 Å². The zero-order valence-electron chi connectivity index (χ0n) is 4.37. The second kappa shape index (κ2) is 2.54. The van der Waals surface area contributed by atoms with Crippen LogP contribution in [0.5, 0.6) is 0 Å². The molecule has 5 heteroatoms. The number of rotatable bonds is 1. The van der Waals surface area contributed by atoms with Gasteiger partial charge in [-0.25, -0.2) is 9.78 Å². The Morgan fingerprint density at radius 2 is 2.67 bits per heavy atom. The van der Waals surface area contributed by atoms with Crippen molar-refractivity contribution in [3.05, 3.63) is 12.4 Å². The van der Waals surface area contributed by atoms with Crippen LogP contribution in [-0.4, -0.2) is 20.4 Å². The summed E-state index contributed by atoms with van der Waals surface area (Å²) in [5.74, 6) is 0. The lowest BCUT2D eigenvalue weighted by molar-refractivity contribution is 0.222. The van der Waals surface area contributed by atoms with Crippen LogP contribution in [-0.2, 0) is 0 Å². The molecule has 0 radical (unpaired) electrons. The molecule has 0 fully saturated rings. The van der Waals surface area contributed by atoms with Gasteiger partial charge < -0.3 is 10.1 Å². The third kappa shape index (κ3) is 1.77. The van der Waals surface area contributed by atoms with E-state index in [1.807, 2.05) is 0 Å². The highest BCUT2D eigenvalue weighted by molar-refractivity contribution is 8.13. The first-order valence-corrected chi connectivity index (χ1v) is 3.01. The Labute approximate surface area is 55.3 Å². The fraction of sp³-hybridized carbons (Fsp3) is 0. The molecule has 0 saturated carbocycles. The molecule has 0 bridgehead atoms. The minimum absolute atomic E-state index is 0.405. The minimum Gasteiger partial charge on any atom is -0.473 e. The lowest BCUT2D eigenvalue weighted by Gasteiger charge is -1.84. The number of aromatic amines is 1. The van der Waals surface area contributed by atoms with Gasteiger partial charge in [-0.2, -0.15) is 0 Å². The molecule has 0 spiro atoms. The Morgan fingerprint density at radius 3 is 3.11 bits per heavy atom. The molecular formula is C4H4N2O2S. The fourth-order valence-corrected chi connectivity index (χ4v) is 0.795. The molecule has 0 saturated heterocycles. The Bertz CT molecular complexity index is 196. The van der Waals surface area contributed by atoms with Crippen molar-refractivity contribution >= 4 is 17.1 Å². The first kappa shape index (κ1) is 6.15. The highest BCUT2D eigenvalue weighted by atomic mass is 32.2. The van der Waals surface area contributed by atoms with Gasteiger partial charge in [-0.3, -0.25) is 0 Å². The molecule has 48 valence electrons. The topological polar surface area (TPSA) is 66.0 Å². The number of carbonyl (C=O) groups is 1. The molecule has 0 aliphatic heterocycles. The van der Waals surface area contributed by atoms with Crippen LogP contribution >= 0.6 is 11.8 Å². The monoisotopic (exact) mass is 144 g/mol. The maximum absolute atomic E-state index is 9.97. The van der Waals surface area contributed by atoms with E-state index < -0.39 is 5.30 Å². The molecule has 0 aliphatic rings. The zero-order valence-corrected chi connectivity index (χ0v) is 5.18. The summed E-state index contributed by atoms with van der Waals surface area (Å²) in [7, 11) is 0. The van der Waals surface area contributed by atoms with Gasteiger partial charge in [-0.05, 0) is 0 Å². The van der Waals surface area contributed by atoms with Crippen molar-refractivity contribution in [1.29, 1.82) is 0 Å². The predicted octanol–water partition coefficient (Wildman–Crippen LogP) is 1.18. The maximum atomic E-state index is 9.97. The van der Waals surface area contributed by atoms with Crippen molar-refractivity contribution in [3.63, 3.8) is 0 Å². The summed E-state index contributed by atoms with van der Waals surface area (Å²) < 4.78 is 0. The smallest absolute Gasteiger partial charge is 0.372 e. The van der Waals surface area contributed by atoms with E-state index in [1.165, 1.54) is 6.20 Å². The molecule has 0 unspecified atom stereocenters. The summed E-state index contributed by atoms with van der Waals surface area (Å²) in [6.07, 6.45) is 3.08. The molecule has 4 nitrogen and oxygen atoms in total. The standard InChI is InChI=1S/C4H4N2O2S/c7-4(8)9-3-5-1-2-6-3/h1-2H,(H,5,6)(H,7,8). The van der Waals surface area contributed by atoms with E-state index in [-0.39, 0.29) is 0 Å². The van der Waals surface area contributed by atoms with Crippen LogP contribution in [0.1, 0.15) is 0 Å². The van der Waals surface area contributed by atoms with Crippen molar-refractivity contribution in [2.24, 2.45) is 0 Å². The maximum Gasteiger partial charge on any atom is 0.372 e. The number of thioether (sulfide) groups is 1. The molecule has 1 rings (SSSR count). The van der Waals surface area contributed by atoms with Gasteiger partial charge in [0.25, 0.3) is 0 Å². The molecule has 1 aromatic heterocycles. The van der Waals surface area contributed by atoms with Crippen LogP contribution in [0.2, 0.25) is 0 Å². The van der Waals surface area contributed by atoms with Crippen molar-refractivity contribution in [1.82, 2.24) is 9.97 Å². The van der Waals surface area contributed by atoms with Gasteiger partial charge in [0.1, 0.15) is 0 Å². The minimum atomic E-state index is -0.954. The number of H-pyrrole nitrogens is 1. The number of nitrogens with one attached hydrogen (secondary N) is 1. The van der Waals surface area contributed by atoms with E-state index in [9.17, 15) is 4.79 Å². The highest BCUT2D eigenvalue weighted by Gasteiger charge is 2.00. The van der Waals surface area contributed by atoms with Gasteiger partial charge in [-0.1, -0.05) is 0 Å². The van der Waals surface area contributed by atoms with E-state index in [4.69, 9.17) is 5.11 Å². The highest BCUT2D eigenvalue weighted by Crippen LogP contribution is 2.10. The van der Waals surface area contributed by atoms with E-state index in [0.29, 0.717) is 16.9 Å². The zero-order chi connectivity index (χ0) is 6.69. The molecule has 9 heavy (non-hydrogen) atoms. The van der Waals surface area contributed by atoms with Gasteiger partial charge in [0.05, 0.1) is 0 Å². The average Bonchev–Trinajstić information content (AvgIpc) is 2.15. The summed E-state index contributed by atoms with van der Waals surface area (Å²) in [6.45, 7) is 0. The molecule has 2 N–H and O–H groups in total. The SMILES string of the molecule is O=C(O)Sc1ncc[nH]1. The van der Waals surface area contributed by atoms with E-state index in [1.54, 1.807) is 6.20 Å². The van der Waals surface area contributed by atoms with Crippen LogP contribution in [0.25, 0.3) is 0 Å². The molecule has 0 aliphatic carbocycles. The van der Waals surface area contributed by atoms with Gasteiger partial charge >= 0.3 is 5.30 Å². The molecule has 0 aromatic carbocycles. The lowest BCUT2D eigenvalue weighted by atomic mass is 11.0. The van der Waals surface area contributed by atoms with Gasteiger partial charge in [0.2, 0.25) is 0 Å². The molecular weight excluding hydrogens is 140 g/mol. The Kier molecular flexibility index (Phi) is 1.74. The first-order valence-electron chi connectivity index (χ1n) is 2.19. The van der Waals surface area contributed by atoms with Crippen molar-refractivity contribution in [3.8, 4) is 0 Å². The van der Waals surface area contributed by atoms with Crippen molar-refractivity contribution < 1.29 is 9.90 Å². The third-order valence-electron chi connectivity index (χ3n) is 0.657. The Balaban J connectivity index is 2.58. The van der Waals surface area contributed by atoms with Gasteiger partial charge in [0, 0.05) is 24.2 Å². The number of hydrogen-bond acceptors (Lipinski definition) is 3. The molecule has 1 heterocycles. The summed E-state index contributed by atoms with van der Waals surface area (Å²) in [6, 6.07) is 0. The van der Waals surface area contributed by atoms with Crippen LogP contribution in [0.15, 0.2) is 17.6 Å². The third-order valence-corrected chi connectivity index (χ3v) is 1.25. The quantitative estimate of drug-likeness (QED) is 0.581. The van der Waals surface area contributed by atoms with E-state index in [0.717, 1.165) is 0 Å². The van der Waals surface area contributed by atoms with Crippen LogP contribution in [0.4, 0.5) is 4.79 Å². The van der Waals surface area contributed by atoms with Gasteiger partial charge in [-0.15, -0.1) is 0 Å². The average molecular weight is 144 g/mol. The lowest BCUT2D eigenvalue weighted by Crippen LogP contribution is -1.83. The van der Waals surface area contributed by atoms with Crippen molar-refractivity contribution in [2.75, 3.05) is 0 Å². The number of aromatic nitrogens is 2. The summed E-state index contributed by atoms with van der Waals surface area (Å²) >= 11 is 0.655. The number of imidazole rings is 1. The summed E-state index contributed by atoms with van der Waals surface area (Å²) in [4.78, 5) is 16.3. The van der Waals surface area contributed by atoms with Crippen molar-refractivity contribution in [2.45, 2.75) is 5.16 Å². The molecule has 1 aromatic rings. The Morgan fingerprint density at radius 1 is 1.89 bits per heavy atom. The largest absolute Gasteiger partial charge is 0.473 e. The molecule has 0 amide bonds. The van der Waals surface area contributed by atoms with E-state index >= 15 is 0 Å². The molecule has 0 atom stereocenters. The Hall–Kier alpha value is -0.970. The second-order valence-electron chi connectivity index (χ2n) is 1.26. The van der Waals surface area contributed by atoms with Crippen LogP contribution < -0.4 is 0 Å². The number of hydrogen-bond donors (Lipinski definition) is 2. The number of nitrogens with zero attached hydrogens (tertiary/aromatic N) is 1. The summed E-state index contributed by atoms with van der Waals surface area (Å²) in [5.41, 5.74) is 0.